The second kappa shape index (κ2) is 5.93. The third-order valence-corrected chi connectivity index (χ3v) is 4.45. The van der Waals surface area contributed by atoms with Gasteiger partial charge in [-0.2, -0.15) is 0 Å². The minimum atomic E-state index is -0.914. The number of nitrogen functional groups attached to an aromatic ring is 1. The average Bonchev–Trinajstić information content (AvgIpc) is 2.45. The molecule has 0 bridgehead atoms. The minimum Gasteiger partial charge on any atom is -0.398 e. The van der Waals surface area contributed by atoms with Gasteiger partial charge in [0.25, 0.3) is 0 Å². The molecule has 1 rings (SSSR count). The summed E-state index contributed by atoms with van der Waals surface area (Å²) in [6.07, 6.45) is 2.42. The fraction of sp³-hybridized carbons (Fsp3) is 0.625. The van der Waals surface area contributed by atoms with Crippen LogP contribution < -0.4 is 5.73 Å². The number of para-hydroxylation sites is 1. The first-order chi connectivity index (χ1) is 8.88. The van der Waals surface area contributed by atoms with Crippen molar-refractivity contribution in [2.24, 2.45) is 0 Å². The Kier molecular flexibility index (Phi) is 4.99. The molecular weight excluding hydrogens is 238 g/mol. The predicted molar refractivity (Wildman–Crippen MR) is 79.8 cm³/mol. The molecule has 0 amide bonds. The zero-order chi connectivity index (χ0) is 14.7. The molecule has 0 aliphatic rings. The van der Waals surface area contributed by atoms with Gasteiger partial charge < -0.3 is 15.9 Å². The molecule has 0 aliphatic carbocycles. The van der Waals surface area contributed by atoms with Crippen molar-refractivity contribution in [1.29, 1.82) is 0 Å². The van der Waals surface area contributed by atoms with E-state index in [0.29, 0.717) is 31.4 Å². The smallest absolute Gasteiger partial charge is 0.0911 e. The van der Waals surface area contributed by atoms with Gasteiger partial charge in [-0.15, -0.1) is 0 Å². The summed E-state index contributed by atoms with van der Waals surface area (Å²) >= 11 is 0. The fourth-order valence-electron chi connectivity index (χ4n) is 2.64. The second-order valence-corrected chi connectivity index (χ2v) is 5.24. The first-order valence-corrected chi connectivity index (χ1v) is 7.22. The maximum Gasteiger partial charge on any atom is 0.0911 e. The summed E-state index contributed by atoms with van der Waals surface area (Å²) in [7, 11) is 0. The fourth-order valence-corrected chi connectivity index (χ4v) is 2.64. The van der Waals surface area contributed by atoms with E-state index in [1.165, 1.54) is 0 Å². The molecule has 3 heteroatoms. The summed E-state index contributed by atoms with van der Waals surface area (Å²) in [6.45, 7) is 7.78. The highest BCUT2D eigenvalue weighted by Crippen LogP contribution is 2.39. The number of anilines is 1. The second-order valence-electron chi connectivity index (χ2n) is 5.24. The molecule has 0 unspecified atom stereocenters. The first-order valence-electron chi connectivity index (χ1n) is 7.22. The molecule has 0 radical (unpaired) electrons. The molecule has 108 valence electrons. The van der Waals surface area contributed by atoms with Gasteiger partial charge in [-0.25, -0.2) is 0 Å². The highest BCUT2D eigenvalue weighted by molar-refractivity contribution is 5.58. The van der Waals surface area contributed by atoms with Crippen molar-refractivity contribution < 1.29 is 10.2 Å². The summed E-state index contributed by atoms with van der Waals surface area (Å²) in [4.78, 5) is 0. The van der Waals surface area contributed by atoms with Crippen molar-refractivity contribution in [2.45, 2.75) is 64.6 Å². The Morgan fingerprint density at radius 3 is 1.42 bits per heavy atom. The van der Waals surface area contributed by atoms with Crippen LogP contribution in [0.1, 0.15) is 64.5 Å². The largest absolute Gasteiger partial charge is 0.398 e. The molecule has 1 aromatic carbocycles. The molecule has 0 fully saturated rings. The Morgan fingerprint density at radius 2 is 1.16 bits per heavy atom. The maximum absolute atomic E-state index is 10.7. The Bertz CT molecular complexity index is 385. The Hall–Kier alpha value is -1.06. The number of aliphatic hydroxyl groups is 2. The number of rotatable bonds is 6. The van der Waals surface area contributed by atoms with Gasteiger partial charge in [0, 0.05) is 16.8 Å². The number of benzene rings is 1. The van der Waals surface area contributed by atoms with Crippen molar-refractivity contribution in [1.82, 2.24) is 0 Å². The van der Waals surface area contributed by atoms with Gasteiger partial charge in [-0.1, -0.05) is 45.9 Å². The molecule has 0 spiro atoms. The molecule has 0 saturated carbocycles. The minimum absolute atomic E-state index is 0.528. The van der Waals surface area contributed by atoms with Crippen molar-refractivity contribution in [2.75, 3.05) is 5.73 Å². The van der Waals surface area contributed by atoms with E-state index >= 15 is 0 Å². The predicted octanol–water partition coefficient (Wildman–Crippen LogP) is 3.28. The van der Waals surface area contributed by atoms with Crippen LogP contribution in [0.5, 0.6) is 0 Å². The third kappa shape index (κ3) is 2.77. The highest BCUT2D eigenvalue weighted by atomic mass is 16.3. The lowest BCUT2D eigenvalue weighted by Gasteiger charge is -2.32. The molecular formula is C16H27NO2. The lowest BCUT2D eigenvalue weighted by Crippen LogP contribution is -2.29. The van der Waals surface area contributed by atoms with Gasteiger partial charge in [0.1, 0.15) is 0 Å². The van der Waals surface area contributed by atoms with Crippen molar-refractivity contribution in [3.8, 4) is 0 Å². The molecule has 0 saturated heterocycles. The molecule has 19 heavy (non-hydrogen) atoms. The van der Waals surface area contributed by atoms with Crippen molar-refractivity contribution in [3.63, 3.8) is 0 Å². The molecule has 1 aromatic rings. The summed E-state index contributed by atoms with van der Waals surface area (Å²) in [5, 5.41) is 21.3. The molecule has 3 nitrogen and oxygen atoms in total. The quantitative estimate of drug-likeness (QED) is 0.691. The van der Waals surface area contributed by atoms with E-state index in [4.69, 9.17) is 5.73 Å². The summed E-state index contributed by atoms with van der Waals surface area (Å²) in [6, 6.07) is 5.59. The van der Waals surface area contributed by atoms with Crippen LogP contribution in [0.4, 0.5) is 5.69 Å². The lowest BCUT2D eigenvalue weighted by atomic mass is 9.81. The van der Waals surface area contributed by atoms with Crippen LogP contribution in [-0.4, -0.2) is 10.2 Å². The molecule has 0 aliphatic heterocycles. The average molecular weight is 265 g/mol. The molecule has 0 heterocycles. The van der Waals surface area contributed by atoms with E-state index in [1.807, 2.05) is 45.9 Å². The summed E-state index contributed by atoms with van der Waals surface area (Å²) < 4.78 is 0. The Balaban J connectivity index is 3.42. The van der Waals surface area contributed by atoms with Crippen molar-refractivity contribution in [3.05, 3.63) is 29.3 Å². The zero-order valence-corrected chi connectivity index (χ0v) is 12.5. The van der Waals surface area contributed by atoms with Gasteiger partial charge in [0.05, 0.1) is 11.2 Å². The van der Waals surface area contributed by atoms with Crippen LogP contribution in [0.25, 0.3) is 0 Å². The van der Waals surface area contributed by atoms with Gasteiger partial charge in [-0.3, -0.25) is 0 Å². The first kappa shape index (κ1) is 16.0. The van der Waals surface area contributed by atoms with Gasteiger partial charge in [0.2, 0.25) is 0 Å². The van der Waals surface area contributed by atoms with Gasteiger partial charge >= 0.3 is 0 Å². The van der Waals surface area contributed by atoms with E-state index < -0.39 is 11.2 Å². The van der Waals surface area contributed by atoms with Crippen molar-refractivity contribution >= 4 is 5.69 Å². The monoisotopic (exact) mass is 265 g/mol. The van der Waals surface area contributed by atoms with E-state index in [1.54, 1.807) is 0 Å². The van der Waals surface area contributed by atoms with E-state index in [0.717, 1.165) is 11.1 Å². The topological polar surface area (TPSA) is 66.5 Å². The Labute approximate surface area is 116 Å². The van der Waals surface area contributed by atoms with Crippen LogP contribution in [0.3, 0.4) is 0 Å². The van der Waals surface area contributed by atoms with Crippen LogP contribution >= 0.6 is 0 Å². The molecule has 4 N–H and O–H groups in total. The maximum atomic E-state index is 10.7. The van der Waals surface area contributed by atoms with Crippen LogP contribution in [-0.2, 0) is 11.2 Å². The van der Waals surface area contributed by atoms with Crippen LogP contribution in [0.15, 0.2) is 18.2 Å². The molecule has 0 aromatic heterocycles. The van der Waals surface area contributed by atoms with Crippen LogP contribution in [0, 0.1) is 0 Å². The Morgan fingerprint density at radius 1 is 0.842 bits per heavy atom. The standard InChI is InChI=1S/C16H27NO2/c1-5-15(18,6-2)12-10-9-11-13(14(12)17)16(19,7-3)8-4/h9-11,18-19H,5-8,17H2,1-4H3. The normalized spacial score (nSPS) is 12.7. The van der Waals surface area contributed by atoms with Crippen LogP contribution in [0.2, 0.25) is 0 Å². The van der Waals surface area contributed by atoms with E-state index in [-0.39, 0.29) is 0 Å². The number of hydrogen-bond donors (Lipinski definition) is 3. The van der Waals surface area contributed by atoms with E-state index in [2.05, 4.69) is 0 Å². The number of hydrogen-bond acceptors (Lipinski definition) is 3. The summed E-state index contributed by atoms with van der Waals surface area (Å²) in [5.74, 6) is 0. The third-order valence-electron chi connectivity index (χ3n) is 4.45. The molecule has 0 atom stereocenters. The zero-order valence-electron chi connectivity index (χ0n) is 12.5. The van der Waals surface area contributed by atoms with E-state index in [9.17, 15) is 10.2 Å². The SMILES string of the molecule is CCC(O)(CC)c1cccc(C(O)(CC)CC)c1N. The summed E-state index contributed by atoms with van der Waals surface area (Å²) in [5.41, 5.74) is 6.40. The number of nitrogens with two attached hydrogens (primary N) is 1. The lowest BCUT2D eigenvalue weighted by molar-refractivity contribution is 0.0232. The van der Waals surface area contributed by atoms with Gasteiger partial charge in [-0.05, 0) is 25.7 Å². The van der Waals surface area contributed by atoms with Gasteiger partial charge in [0.15, 0.2) is 0 Å². The highest BCUT2D eigenvalue weighted by Gasteiger charge is 2.33.